The van der Waals surface area contributed by atoms with Crippen LogP contribution in [-0.4, -0.2) is 26.8 Å². The Morgan fingerprint density at radius 2 is 1.38 bits per heavy atom. The molecule has 108 valence electrons. The molecule has 1 aliphatic heterocycles. The maximum Gasteiger partial charge on any atom is 0.187 e. The zero-order chi connectivity index (χ0) is 14.7. The summed E-state index contributed by atoms with van der Waals surface area (Å²) in [5, 5.41) is 0. The monoisotopic (exact) mass is 282 g/mol. The van der Waals surface area contributed by atoms with Crippen LogP contribution < -0.4 is 0 Å². The van der Waals surface area contributed by atoms with Crippen molar-refractivity contribution >= 4 is 5.57 Å². The van der Waals surface area contributed by atoms with Gasteiger partial charge in [-0.1, -0.05) is 54.6 Å². The van der Waals surface area contributed by atoms with E-state index in [1.54, 1.807) is 14.2 Å². The highest BCUT2D eigenvalue weighted by atomic mass is 16.8. The zero-order valence-corrected chi connectivity index (χ0v) is 12.2. The fraction of sp³-hybridized carbons (Fsp3) is 0.222. The van der Waals surface area contributed by atoms with Gasteiger partial charge in [0.15, 0.2) is 12.6 Å². The Labute approximate surface area is 124 Å². The molecule has 0 radical (unpaired) electrons. The normalized spacial score (nSPS) is 21.3. The molecular weight excluding hydrogens is 264 g/mol. The van der Waals surface area contributed by atoms with Crippen molar-refractivity contribution in [3.63, 3.8) is 0 Å². The quantitative estimate of drug-likeness (QED) is 0.855. The molecule has 1 heterocycles. The predicted octanol–water partition coefficient (Wildman–Crippen LogP) is 3.71. The van der Waals surface area contributed by atoms with Crippen LogP contribution in [0.15, 0.2) is 60.7 Å². The van der Waals surface area contributed by atoms with Crippen LogP contribution in [0.2, 0.25) is 0 Å². The minimum atomic E-state index is -0.377. The number of methoxy groups -OCH3 is 2. The van der Waals surface area contributed by atoms with Gasteiger partial charge in [0.05, 0.1) is 0 Å². The predicted molar refractivity (Wildman–Crippen MR) is 82.5 cm³/mol. The second-order valence-electron chi connectivity index (χ2n) is 4.87. The molecule has 0 spiro atoms. The van der Waals surface area contributed by atoms with E-state index in [9.17, 15) is 0 Å². The highest BCUT2D eigenvalue weighted by Crippen LogP contribution is 2.31. The van der Waals surface area contributed by atoms with Crippen LogP contribution in [-0.2, 0) is 14.2 Å². The topological polar surface area (TPSA) is 27.7 Å². The zero-order valence-electron chi connectivity index (χ0n) is 12.2. The molecule has 0 fully saturated rings. The molecule has 2 atom stereocenters. The summed E-state index contributed by atoms with van der Waals surface area (Å²) in [6.07, 6.45) is 1.22. The van der Waals surface area contributed by atoms with Crippen molar-refractivity contribution in [1.29, 1.82) is 0 Å². The summed E-state index contributed by atoms with van der Waals surface area (Å²) >= 11 is 0. The van der Waals surface area contributed by atoms with Crippen molar-refractivity contribution in [3.05, 3.63) is 66.2 Å². The maximum absolute atomic E-state index is 5.60. The van der Waals surface area contributed by atoms with Gasteiger partial charge in [-0.25, -0.2) is 0 Å². The first-order chi connectivity index (χ1) is 10.3. The maximum atomic E-state index is 5.60. The van der Waals surface area contributed by atoms with Crippen LogP contribution in [0, 0.1) is 0 Å². The van der Waals surface area contributed by atoms with Gasteiger partial charge in [-0.05, 0) is 22.8 Å². The first kappa shape index (κ1) is 14.0. The van der Waals surface area contributed by atoms with Crippen LogP contribution in [0.1, 0.15) is 5.56 Å². The largest absolute Gasteiger partial charge is 0.352 e. The van der Waals surface area contributed by atoms with Crippen molar-refractivity contribution in [3.8, 4) is 11.1 Å². The number of rotatable bonds is 4. The summed E-state index contributed by atoms with van der Waals surface area (Å²) in [6, 6.07) is 18.7. The second-order valence-corrected chi connectivity index (χ2v) is 4.87. The van der Waals surface area contributed by atoms with E-state index in [1.165, 1.54) is 11.1 Å². The number of benzene rings is 2. The standard InChI is InChI=1S/C18H18O3/c1-19-17-12-16(18(20-2)21-17)15-10-8-14(9-11-15)13-6-4-3-5-7-13/h3-12,17-18H,1-2H3. The van der Waals surface area contributed by atoms with E-state index in [4.69, 9.17) is 14.2 Å². The van der Waals surface area contributed by atoms with E-state index < -0.39 is 0 Å². The van der Waals surface area contributed by atoms with Crippen molar-refractivity contribution in [2.24, 2.45) is 0 Å². The molecule has 2 aromatic rings. The van der Waals surface area contributed by atoms with Gasteiger partial charge in [-0.2, -0.15) is 0 Å². The Balaban J connectivity index is 1.87. The molecule has 3 nitrogen and oxygen atoms in total. The van der Waals surface area contributed by atoms with Crippen LogP contribution in [0.25, 0.3) is 16.7 Å². The molecule has 3 rings (SSSR count). The van der Waals surface area contributed by atoms with Crippen molar-refractivity contribution in [2.45, 2.75) is 12.6 Å². The first-order valence-corrected chi connectivity index (χ1v) is 6.90. The van der Waals surface area contributed by atoms with E-state index in [-0.39, 0.29) is 12.6 Å². The number of hydrogen-bond acceptors (Lipinski definition) is 3. The van der Waals surface area contributed by atoms with E-state index >= 15 is 0 Å². The molecule has 2 aromatic carbocycles. The van der Waals surface area contributed by atoms with Crippen LogP contribution >= 0.6 is 0 Å². The minimum Gasteiger partial charge on any atom is -0.352 e. The lowest BCUT2D eigenvalue weighted by Gasteiger charge is -2.14. The molecule has 0 bridgehead atoms. The van der Waals surface area contributed by atoms with E-state index in [1.807, 2.05) is 24.3 Å². The third-order valence-electron chi connectivity index (χ3n) is 3.60. The highest BCUT2D eigenvalue weighted by molar-refractivity contribution is 5.73. The van der Waals surface area contributed by atoms with Gasteiger partial charge in [0, 0.05) is 19.8 Å². The minimum absolute atomic E-state index is 0.348. The van der Waals surface area contributed by atoms with Gasteiger partial charge >= 0.3 is 0 Å². The lowest BCUT2D eigenvalue weighted by Crippen LogP contribution is -2.16. The van der Waals surface area contributed by atoms with Crippen molar-refractivity contribution in [2.75, 3.05) is 14.2 Å². The Morgan fingerprint density at radius 3 is 2.00 bits per heavy atom. The Bertz CT molecular complexity index is 617. The average Bonchev–Trinajstić information content (AvgIpc) is 2.99. The molecule has 0 saturated heterocycles. The molecule has 1 aliphatic rings. The molecule has 0 aliphatic carbocycles. The SMILES string of the molecule is COC1C=C(c2ccc(-c3ccccc3)cc2)C(OC)O1. The average molecular weight is 282 g/mol. The van der Waals surface area contributed by atoms with Crippen LogP contribution in [0.4, 0.5) is 0 Å². The second kappa shape index (κ2) is 6.22. The lowest BCUT2D eigenvalue weighted by atomic mass is 10.0. The van der Waals surface area contributed by atoms with E-state index in [0.29, 0.717) is 0 Å². The van der Waals surface area contributed by atoms with Gasteiger partial charge in [0.25, 0.3) is 0 Å². The molecule has 21 heavy (non-hydrogen) atoms. The van der Waals surface area contributed by atoms with Gasteiger partial charge < -0.3 is 14.2 Å². The molecule has 3 heteroatoms. The fourth-order valence-electron chi connectivity index (χ4n) is 2.48. The van der Waals surface area contributed by atoms with E-state index in [2.05, 4.69) is 36.4 Å². The Kier molecular flexibility index (Phi) is 4.15. The van der Waals surface area contributed by atoms with E-state index in [0.717, 1.165) is 11.1 Å². The summed E-state index contributed by atoms with van der Waals surface area (Å²) in [7, 11) is 3.25. The smallest absolute Gasteiger partial charge is 0.187 e. The summed E-state index contributed by atoms with van der Waals surface area (Å²) in [4.78, 5) is 0. The Hall–Kier alpha value is -1.94. The fourth-order valence-corrected chi connectivity index (χ4v) is 2.48. The van der Waals surface area contributed by atoms with Crippen molar-refractivity contribution < 1.29 is 14.2 Å². The number of ether oxygens (including phenoxy) is 3. The molecular formula is C18H18O3. The molecule has 0 amide bonds. The third kappa shape index (κ3) is 2.90. The summed E-state index contributed by atoms with van der Waals surface area (Å²) in [5.74, 6) is 0. The number of hydrogen-bond donors (Lipinski definition) is 0. The van der Waals surface area contributed by atoms with Gasteiger partial charge in [-0.3, -0.25) is 0 Å². The van der Waals surface area contributed by atoms with Crippen molar-refractivity contribution in [1.82, 2.24) is 0 Å². The van der Waals surface area contributed by atoms with Gasteiger partial charge in [-0.15, -0.1) is 0 Å². The summed E-state index contributed by atoms with van der Waals surface area (Å²) in [5.41, 5.74) is 4.49. The first-order valence-electron chi connectivity index (χ1n) is 6.90. The van der Waals surface area contributed by atoms with Crippen LogP contribution in [0.5, 0.6) is 0 Å². The molecule has 0 saturated carbocycles. The Morgan fingerprint density at radius 1 is 0.762 bits per heavy atom. The lowest BCUT2D eigenvalue weighted by molar-refractivity contribution is -0.170. The summed E-state index contributed by atoms with van der Waals surface area (Å²) < 4.78 is 16.2. The van der Waals surface area contributed by atoms with Gasteiger partial charge in [0.1, 0.15) is 0 Å². The third-order valence-corrected chi connectivity index (χ3v) is 3.60. The molecule has 0 aromatic heterocycles. The summed E-state index contributed by atoms with van der Waals surface area (Å²) in [6.45, 7) is 0. The molecule has 0 N–H and O–H groups in total. The highest BCUT2D eigenvalue weighted by Gasteiger charge is 2.27. The molecule has 2 unspecified atom stereocenters. The van der Waals surface area contributed by atoms with Gasteiger partial charge in [0.2, 0.25) is 0 Å². The van der Waals surface area contributed by atoms with Crippen LogP contribution in [0.3, 0.4) is 0 Å².